The normalized spacial score (nSPS) is 32.6. The van der Waals surface area contributed by atoms with Crippen molar-refractivity contribution in [2.24, 2.45) is 23.7 Å². The third-order valence-corrected chi connectivity index (χ3v) is 7.45. The van der Waals surface area contributed by atoms with E-state index >= 15 is 0 Å². The molecule has 2 aliphatic heterocycles. The number of anilines is 1. The van der Waals surface area contributed by atoms with Crippen LogP contribution < -0.4 is 4.90 Å². The summed E-state index contributed by atoms with van der Waals surface area (Å²) < 4.78 is 0. The lowest BCUT2D eigenvalue weighted by Gasteiger charge is -2.36. The third kappa shape index (κ3) is 3.01. The lowest BCUT2D eigenvalue weighted by atomic mass is 9.87. The van der Waals surface area contributed by atoms with Gasteiger partial charge in [-0.05, 0) is 80.5 Å². The van der Waals surface area contributed by atoms with Crippen LogP contribution >= 0.6 is 0 Å². The first kappa shape index (κ1) is 15.9. The summed E-state index contributed by atoms with van der Waals surface area (Å²) in [5.74, 6) is 4.06. The Hall–Kier alpha value is -1.35. The molecule has 2 aliphatic carbocycles. The second-order valence-corrected chi connectivity index (χ2v) is 8.99. The largest absolute Gasteiger partial charge is 0.312 e. The fraction of sp³-hybridized carbons (Fsp3) is 0.682. The zero-order chi connectivity index (χ0) is 16.8. The van der Waals surface area contributed by atoms with E-state index in [2.05, 4.69) is 28.0 Å². The van der Waals surface area contributed by atoms with Gasteiger partial charge in [-0.3, -0.25) is 4.79 Å². The number of rotatable bonds is 4. The van der Waals surface area contributed by atoms with Gasteiger partial charge >= 0.3 is 0 Å². The highest BCUT2D eigenvalue weighted by Crippen LogP contribution is 2.48. The maximum absolute atomic E-state index is 12.4. The molecule has 2 bridgehead atoms. The first-order valence-corrected chi connectivity index (χ1v) is 10.4. The predicted octanol–water partition coefficient (Wildman–Crippen LogP) is 3.72. The maximum atomic E-state index is 12.4. The Kier molecular flexibility index (Phi) is 4.08. The summed E-state index contributed by atoms with van der Waals surface area (Å²) in [6, 6.07) is 8.32. The molecule has 4 aliphatic rings. The molecular weight excluding hydrogens is 308 g/mol. The van der Waals surface area contributed by atoms with Crippen molar-refractivity contribution in [1.29, 1.82) is 0 Å². The van der Waals surface area contributed by atoms with Crippen molar-refractivity contribution in [2.45, 2.75) is 44.9 Å². The number of carbonyl (C=O) groups is 1. The minimum atomic E-state index is 0.297. The van der Waals surface area contributed by atoms with Gasteiger partial charge in [0.1, 0.15) is 0 Å². The molecule has 0 radical (unpaired) electrons. The molecule has 3 nitrogen and oxygen atoms in total. The minimum absolute atomic E-state index is 0.297. The quantitative estimate of drug-likeness (QED) is 0.835. The van der Waals surface area contributed by atoms with E-state index < -0.39 is 0 Å². The topological polar surface area (TPSA) is 23.6 Å². The first-order chi connectivity index (χ1) is 12.3. The van der Waals surface area contributed by atoms with E-state index in [1.807, 2.05) is 6.07 Å². The van der Waals surface area contributed by atoms with Crippen LogP contribution in [-0.2, 0) is 11.2 Å². The summed E-state index contributed by atoms with van der Waals surface area (Å²) in [6.45, 7) is 4.75. The molecule has 2 saturated carbocycles. The summed E-state index contributed by atoms with van der Waals surface area (Å²) in [5.41, 5.74) is 2.37. The van der Waals surface area contributed by atoms with Gasteiger partial charge in [-0.2, -0.15) is 0 Å². The molecule has 3 atom stereocenters. The Morgan fingerprint density at radius 3 is 2.56 bits per heavy atom. The second-order valence-electron chi connectivity index (χ2n) is 8.99. The summed E-state index contributed by atoms with van der Waals surface area (Å²) in [5, 5.41) is 0. The number of piperidine rings is 1. The van der Waals surface area contributed by atoms with E-state index in [1.54, 1.807) is 0 Å². The van der Waals surface area contributed by atoms with Crippen molar-refractivity contribution >= 4 is 11.6 Å². The van der Waals surface area contributed by atoms with Crippen molar-refractivity contribution in [3.05, 3.63) is 29.8 Å². The van der Waals surface area contributed by atoms with Gasteiger partial charge in [-0.1, -0.05) is 24.6 Å². The maximum Gasteiger partial charge on any atom is 0.231 e. The fourth-order valence-electron chi connectivity index (χ4n) is 6.06. The number of likely N-dealkylation sites (tertiary alicyclic amines) is 1. The van der Waals surface area contributed by atoms with Crippen LogP contribution in [0.25, 0.3) is 0 Å². The van der Waals surface area contributed by atoms with Gasteiger partial charge in [-0.25, -0.2) is 0 Å². The highest BCUT2D eigenvalue weighted by Gasteiger charge is 2.40. The van der Waals surface area contributed by atoms with Crippen molar-refractivity contribution < 1.29 is 4.79 Å². The van der Waals surface area contributed by atoms with E-state index in [9.17, 15) is 4.79 Å². The van der Waals surface area contributed by atoms with Gasteiger partial charge in [0.15, 0.2) is 0 Å². The molecule has 1 saturated heterocycles. The number of hydrogen-bond donors (Lipinski definition) is 0. The van der Waals surface area contributed by atoms with E-state index in [-0.39, 0.29) is 0 Å². The zero-order valence-corrected chi connectivity index (χ0v) is 15.2. The summed E-state index contributed by atoms with van der Waals surface area (Å²) in [7, 11) is 0. The summed E-state index contributed by atoms with van der Waals surface area (Å²) in [4.78, 5) is 17.2. The molecule has 0 N–H and O–H groups in total. The molecule has 1 aromatic carbocycles. The Morgan fingerprint density at radius 1 is 0.960 bits per heavy atom. The molecule has 3 fully saturated rings. The fourth-order valence-corrected chi connectivity index (χ4v) is 6.06. The Balaban J connectivity index is 1.14. The standard InChI is InChI=1S/C22H30N2O/c25-22-13-19-3-1-2-4-21(19)24(22)14-16-7-9-23(10-8-16)15-20-12-17-5-6-18(20)11-17/h1-4,16-18,20H,5-15H2. The van der Waals surface area contributed by atoms with Crippen molar-refractivity contribution in [2.75, 3.05) is 31.1 Å². The zero-order valence-electron chi connectivity index (χ0n) is 15.2. The monoisotopic (exact) mass is 338 g/mol. The molecule has 0 spiro atoms. The number of fused-ring (bicyclic) bond motifs is 3. The van der Waals surface area contributed by atoms with Gasteiger partial charge < -0.3 is 9.80 Å². The van der Waals surface area contributed by atoms with Gasteiger partial charge in [0.2, 0.25) is 5.91 Å². The van der Waals surface area contributed by atoms with Gasteiger partial charge in [0, 0.05) is 18.8 Å². The molecule has 2 heterocycles. The SMILES string of the molecule is O=C1Cc2ccccc2N1CC1CCN(CC2CC3CCC2C3)CC1. The predicted molar refractivity (Wildman–Crippen MR) is 101 cm³/mol. The third-order valence-electron chi connectivity index (χ3n) is 7.45. The summed E-state index contributed by atoms with van der Waals surface area (Å²) in [6.07, 6.45) is 9.15. The van der Waals surface area contributed by atoms with Crippen molar-refractivity contribution in [1.82, 2.24) is 4.90 Å². The Morgan fingerprint density at radius 2 is 1.80 bits per heavy atom. The van der Waals surface area contributed by atoms with Crippen LogP contribution in [0.4, 0.5) is 5.69 Å². The van der Waals surface area contributed by atoms with Crippen LogP contribution in [0.15, 0.2) is 24.3 Å². The lowest BCUT2D eigenvalue weighted by molar-refractivity contribution is -0.117. The molecule has 0 aromatic heterocycles. The number of benzene rings is 1. The molecule has 25 heavy (non-hydrogen) atoms. The van der Waals surface area contributed by atoms with Crippen LogP contribution in [0.5, 0.6) is 0 Å². The van der Waals surface area contributed by atoms with Crippen LogP contribution in [0, 0.1) is 23.7 Å². The number of nitrogens with zero attached hydrogens (tertiary/aromatic N) is 2. The molecule has 1 amide bonds. The Labute approximate surface area is 151 Å². The van der Waals surface area contributed by atoms with E-state index in [4.69, 9.17) is 0 Å². The minimum Gasteiger partial charge on any atom is -0.312 e. The van der Waals surface area contributed by atoms with Gasteiger partial charge in [0.25, 0.3) is 0 Å². The molecule has 1 aromatic rings. The number of amides is 1. The molecule has 3 unspecified atom stereocenters. The summed E-state index contributed by atoms with van der Waals surface area (Å²) >= 11 is 0. The molecule has 5 rings (SSSR count). The molecular formula is C22H30N2O. The first-order valence-electron chi connectivity index (χ1n) is 10.4. The molecule has 3 heteroatoms. The van der Waals surface area contributed by atoms with Gasteiger partial charge in [0.05, 0.1) is 6.42 Å². The van der Waals surface area contributed by atoms with Crippen molar-refractivity contribution in [3.63, 3.8) is 0 Å². The average molecular weight is 338 g/mol. The highest BCUT2D eigenvalue weighted by molar-refractivity contribution is 6.01. The number of para-hydroxylation sites is 1. The van der Waals surface area contributed by atoms with E-state index in [1.165, 1.54) is 63.7 Å². The lowest BCUT2D eigenvalue weighted by Crippen LogP contribution is -2.42. The van der Waals surface area contributed by atoms with E-state index in [0.717, 1.165) is 30.0 Å². The second kappa shape index (κ2) is 6.42. The molecule has 134 valence electrons. The highest BCUT2D eigenvalue weighted by atomic mass is 16.2. The smallest absolute Gasteiger partial charge is 0.231 e. The van der Waals surface area contributed by atoms with Crippen LogP contribution in [0.2, 0.25) is 0 Å². The average Bonchev–Trinajstić information content (AvgIpc) is 3.32. The van der Waals surface area contributed by atoms with Crippen LogP contribution in [-0.4, -0.2) is 37.0 Å². The van der Waals surface area contributed by atoms with Crippen molar-refractivity contribution in [3.8, 4) is 0 Å². The number of hydrogen-bond acceptors (Lipinski definition) is 2. The Bertz CT molecular complexity index is 649. The van der Waals surface area contributed by atoms with E-state index in [0.29, 0.717) is 18.2 Å². The van der Waals surface area contributed by atoms with Crippen LogP contribution in [0.1, 0.15) is 44.1 Å². The van der Waals surface area contributed by atoms with Crippen LogP contribution in [0.3, 0.4) is 0 Å². The van der Waals surface area contributed by atoms with Gasteiger partial charge in [-0.15, -0.1) is 0 Å². The number of carbonyl (C=O) groups excluding carboxylic acids is 1.